The van der Waals surface area contributed by atoms with Crippen molar-refractivity contribution in [3.63, 3.8) is 0 Å². The molecular formula is C7H7NO. The maximum Gasteiger partial charge on any atom is 0.0725 e. The maximum atomic E-state index is 8.93. The van der Waals surface area contributed by atoms with E-state index in [0.717, 1.165) is 5.69 Å². The number of anilines is 1. The van der Waals surface area contributed by atoms with E-state index in [9.17, 15) is 0 Å². The van der Waals surface area contributed by atoms with E-state index in [1.54, 1.807) is 0 Å². The van der Waals surface area contributed by atoms with Crippen molar-refractivity contribution in [3.8, 4) is 0 Å². The fourth-order valence-corrected chi connectivity index (χ4v) is 1.05. The third kappa shape index (κ3) is 0.535. The normalized spacial score (nSPS) is 14.6. The summed E-state index contributed by atoms with van der Waals surface area (Å²) in [6.45, 7) is 0.677. The third-order valence-electron chi connectivity index (χ3n) is 1.59. The van der Waals surface area contributed by atoms with Gasteiger partial charge in [0, 0.05) is 0 Å². The summed E-state index contributed by atoms with van der Waals surface area (Å²) in [5, 5.41) is 10.2. The Balaban J connectivity index is 2.51. The molecular weight excluding hydrogens is 114 g/mol. The molecule has 1 N–H and O–H groups in total. The average molecular weight is 121 g/mol. The fraction of sp³-hybridized carbons (Fsp3) is 0.143. The molecule has 1 aromatic carbocycles. The molecule has 0 radical (unpaired) electrons. The average Bonchev–Trinajstić information content (AvgIpc) is 1.86. The van der Waals surface area contributed by atoms with Gasteiger partial charge in [0.1, 0.15) is 0 Å². The second-order valence-corrected chi connectivity index (χ2v) is 2.19. The second-order valence-electron chi connectivity index (χ2n) is 2.19. The lowest BCUT2D eigenvalue weighted by molar-refractivity contribution is 0.230. The number of hydroxylamine groups is 1. The topological polar surface area (TPSA) is 23.5 Å². The molecule has 1 aromatic rings. The van der Waals surface area contributed by atoms with Crippen LogP contribution in [-0.2, 0) is 6.54 Å². The second kappa shape index (κ2) is 1.48. The number of nitrogens with zero attached hydrogens (tertiary/aromatic N) is 1. The van der Waals surface area contributed by atoms with Crippen LogP contribution in [0.3, 0.4) is 0 Å². The van der Waals surface area contributed by atoms with Crippen LogP contribution in [0.2, 0.25) is 0 Å². The molecule has 0 spiro atoms. The number of fused-ring (bicyclic) bond motifs is 1. The number of para-hydroxylation sites is 1. The highest BCUT2D eigenvalue weighted by Gasteiger charge is 2.18. The summed E-state index contributed by atoms with van der Waals surface area (Å²) in [7, 11) is 0. The van der Waals surface area contributed by atoms with Gasteiger partial charge in [0.25, 0.3) is 0 Å². The Morgan fingerprint density at radius 2 is 2.11 bits per heavy atom. The maximum absolute atomic E-state index is 8.93. The van der Waals surface area contributed by atoms with Gasteiger partial charge in [0.15, 0.2) is 0 Å². The first kappa shape index (κ1) is 4.82. The van der Waals surface area contributed by atoms with Crippen LogP contribution in [0.25, 0.3) is 0 Å². The molecule has 0 amide bonds. The van der Waals surface area contributed by atoms with Gasteiger partial charge in [-0.05, 0) is 11.6 Å². The largest absolute Gasteiger partial charge is 0.288 e. The van der Waals surface area contributed by atoms with Crippen molar-refractivity contribution in [1.29, 1.82) is 0 Å². The minimum Gasteiger partial charge on any atom is -0.288 e. The molecule has 0 bridgehead atoms. The summed E-state index contributed by atoms with van der Waals surface area (Å²) in [5.74, 6) is 0. The van der Waals surface area contributed by atoms with Crippen molar-refractivity contribution in [2.24, 2.45) is 0 Å². The molecule has 0 atom stereocenters. The summed E-state index contributed by atoms with van der Waals surface area (Å²) >= 11 is 0. The number of rotatable bonds is 0. The van der Waals surface area contributed by atoms with E-state index < -0.39 is 0 Å². The van der Waals surface area contributed by atoms with Crippen LogP contribution in [0.5, 0.6) is 0 Å². The van der Waals surface area contributed by atoms with Crippen LogP contribution in [0.1, 0.15) is 5.56 Å². The molecule has 2 rings (SSSR count). The van der Waals surface area contributed by atoms with Gasteiger partial charge in [-0.25, -0.2) is 0 Å². The fourth-order valence-electron chi connectivity index (χ4n) is 1.05. The minimum atomic E-state index is 0.677. The van der Waals surface area contributed by atoms with Gasteiger partial charge in [-0.15, -0.1) is 0 Å². The Bertz CT molecular complexity index is 234. The van der Waals surface area contributed by atoms with Crippen molar-refractivity contribution in [1.82, 2.24) is 0 Å². The lowest BCUT2D eigenvalue weighted by atomic mass is 10.1. The molecule has 1 aliphatic rings. The summed E-state index contributed by atoms with van der Waals surface area (Å²) in [6, 6.07) is 7.81. The van der Waals surface area contributed by atoms with Crippen LogP contribution in [-0.4, -0.2) is 5.21 Å². The zero-order chi connectivity index (χ0) is 6.27. The van der Waals surface area contributed by atoms with E-state index in [2.05, 4.69) is 0 Å². The smallest absolute Gasteiger partial charge is 0.0725 e. The van der Waals surface area contributed by atoms with E-state index in [1.807, 2.05) is 24.3 Å². The van der Waals surface area contributed by atoms with Crippen LogP contribution in [0.4, 0.5) is 5.69 Å². The zero-order valence-corrected chi connectivity index (χ0v) is 4.91. The van der Waals surface area contributed by atoms with Crippen molar-refractivity contribution >= 4 is 5.69 Å². The Hall–Kier alpha value is -1.02. The molecule has 1 heterocycles. The standard InChI is InChI=1S/C7H7NO/c9-8-5-6-3-1-2-4-7(6)8/h1-4,9H,5H2. The van der Waals surface area contributed by atoms with E-state index in [1.165, 1.54) is 10.6 Å². The number of hydrogen-bond donors (Lipinski definition) is 1. The lowest BCUT2D eigenvalue weighted by Crippen LogP contribution is -2.27. The first-order valence-corrected chi connectivity index (χ1v) is 2.92. The van der Waals surface area contributed by atoms with Crippen LogP contribution in [0.15, 0.2) is 24.3 Å². The first-order chi connectivity index (χ1) is 4.38. The van der Waals surface area contributed by atoms with Crippen molar-refractivity contribution in [2.75, 3.05) is 5.06 Å². The predicted molar refractivity (Wildman–Crippen MR) is 34.4 cm³/mol. The van der Waals surface area contributed by atoms with E-state index in [-0.39, 0.29) is 0 Å². The molecule has 0 unspecified atom stereocenters. The molecule has 9 heavy (non-hydrogen) atoms. The molecule has 2 nitrogen and oxygen atoms in total. The summed E-state index contributed by atoms with van der Waals surface area (Å²) in [6.07, 6.45) is 0. The van der Waals surface area contributed by atoms with Crippen LogP contribution < -0.4 is 5.06 Å². The predicted octanol–water partition coefficient (Wildman–Crippen LogP) is 1.40. The van der Waals surface area contributed by atoms with Gasteiger partial charge in [-0.3, -0.25) is 10.3 Å². The Labute approximate surface area is 53.3 Å². The SMILES string of the molecule is ON1Cc2ccccc21. The monoisotopic (exact) mass is 121 g/mol. The highest BCUT2D eigenvalue weighted by atomic mass is 16.5. The molecule has 0 saturated carbocycles. The summed E-state index contributed by atoms with van der Waals surface area (Å²) in [5.41, 5.74) is 2.16. The molecule has 0 saturated heterocycles. The third-order valence-corrected chi connectivity index (χ3v) is 1.59. The van der Waals surface area contributed by atoms with Crippen molar-refractivity contribution in [3.05, 3.63) is 29.8 Å². The van der Waals surface area contributed by atoms with Gasteiger partial charge in [0.2, 0.25) is 0 Å². The van der Waals surface area contributed by atoms with E-state index in [4.69, 9.17) is 5.21 Å². The molecule has 2 heteroatoms. The van der Waals surface area contributed by atoms with Gasteiger partial charge in [0.05, 0.1) is 12.2 Å². The quantitative estimate of drug-likeness (QED) is 0.560. The minimum absolute atomic E-state index is 0.677. The van der Waals surface area contributed by atoms with Gasteiger partial charge in [-0.1, -0.05) is 18.2 Å². The molecule has 46 valence electrons. The Morgan fingerprint density at radius 1 is 1.33 bits per heavy atom. The highest BCUT2D eigenvalue weighted by Crippen LogP contribution is 2.29. The van der Waals surface area contributed by atoms with E-state index >= 15 is 0 Å². The Morgan fingerprint density at radius 3 is 2.67 bits per heavy atom. The molecule has 1 aliphatic heterocycles. The van der Waals surface area contributed by atoms with Crippen molar-refractivity contribution < 1.29 is 5.21 Å². The zero-order valence-electron chi connectivity index (χ0n) is 4.91. The first-order valence-electron chi connectivity index (χ1n) is 2.92. The number of benzene rings is 1. The number of hydrogen-bond acceptors (Lipinski definition) is 2. The molecule has 0 aromatic heterocycles. The summed E-state index contributed by atoms with van der Waals surface area (Å²) < 4.78 is 0. The van der Waals surface area contributed by atoms with Crippen molar-refractivity contribution in [2.45, 2.75) is 6.54 Å². The summed E-state index contributed by atoms with van der Waals surface area (Å²) in [4.78, 5) is 0. The van der Waals surface area contributed by atoms with Gasteiger partial charge >= 0.3 is 0 Å². The van der Waals surface area contributed by atoms with Gasteiger partial charge in [-0.2, -0.15) is 0 Å². The van der Waals surface area contributed by atoms with Crippen LogP contribution in [0, 0.1) is 0 Å². The van der Waals surface area contributed by atoms with Gasteiger partial charge < -0.3 is 0 Å². The van der Waals surface area contributed by atoms with E-state index in [0.29, 0.717) is 6.54 Å². The van der Waals surface area contributed by atoms with Crippen LogP contribution >= 0.6 is 0 Å². The lowest BCUT2D eigenvalue weighted by Gasteiger charge is -2.29. The Kier molecular flexibility index (Phi) is 0.794. The molecule has 0 aliphatic carbocycles. The molecule has 0 fully saturated rings. The highest BCUT2D eigenvalue weighted by molar-refractivity contribution is 5.59.